The fourth-order valence-corrected chi connectivity index (χ4v) is 5.02. The third-order valence-electron chi connectivity index (χ3n) is 5.87. The maximum Gasteiger partial charge on any atom is 0.238 e. The third-order valence-corrected chi connectivity index (χ3v) is 7.00. The molecule has 0 aromatic carbocycles. The summed E-state index contributed by atoms with van der Waals surface area (Å²) in [5.41, 5.74) is -0.696. The second-order valence-electron chi connectivity index (χ2n) is 7.77. The smallest absolute Gasteiger partial charge is 0.238 e. The SMILES string of the molecule is CSC1OC(C(NC(=O)C2C(C3CC3)CN2C)C(C)Cl)C(O)C(O)C1O. The van der Waals surface area contributed by atoms with Crippen LogP contribution >= 0.6 is 23.4 Å². The molecule has 1 aliphatic carbocycles. The molecule has 2 aliphatic heterocycles. The van der Waals surface area contributed by atoms with E-state index in [1.165, 1.54) is 24.6 Å². The van der Waals surface area contributed by atoms with Gasteiger partial charge in [0.05, 0.1) is 17.5 Å². The summed E-state index contributed by atoms with van der Waals surface area (Å²) in [4.78, 5) is 14.9. The molecule has 9 unspecified atom stereocenters. The van der Waals surface area contributed by atoms with Crippen molar-refractivity contribution >= 4 is 29.3 Å². The Morgan fingerprint density at radius 1 is 1.27 bits per heavy atom. The second kappa shape index (κ2) is 8.11. The average molecular weight is 409 g/mol. The molecule has 1 amide bonds. The van der Waals surface area contributed by atoms with E-state index < -0.39 is 41.3 Å². The molecular formula is C17H29ClN2O5S. The molecular weight excluding hydrogens is 380 g/mol. The van der Waals surface area contributed by atoms with Gasteiger partial charge in [0.25, 0.3) is 0 Å². The molecule has 9 heteroatoms. The molecule has 0 aromatic heterocycles. The van der Waals surface area contributed by atoms with Gasteiger partial charge in [-0.15, -0.1) is 23.4 Å². The quantitative estimate of drug-likeness (QED) is 0.444. The van der Waals surface area contributed by atoms with Crippen LogP contribution in [0.5, 0.6) is 0 Å². The van der Waals surface area contributed by atoms with Crippen molar-refractivity contribution in [2.75, 3.05) is 19.8 Å². The third kappa shape index (κ3) is 3.87. The number of hydrogen-bond acceptors (Lipinski definition) is 7. The minimum Gasteiger partial charge on any atom is -0.388 e. The van der Waals surface area contributed by atoms with E-state index in [1.54, 1.807) is 13.2 Å². The summed E-state index contributed by atoms with van der Waals surface area (Å²) in [7, 11) is 1.93. The van der Waals surface area contributed by atoms with Crippen molar-refractivity contribution in [3.63, 3.8) is 0 Å². The van der Waals surface area contributed by atoms with Crippen LogP contribution in [0.4, 0.5) is 0 Å². The zero-order chi connectivity index (χ0) is 19.2. The van der Waals surface area contributed by atoms with Gasteiger partial charge in [0.2, 0.25) is 5.91 Å². The molecule has 7 nitrogen and oxygen atoms in total. The highest BCUT2D eigenvalue weighted by Crippen LogP contribution is 2.44. The maximum atomic E-state index is 12.9. The van der Waals surface area contributed by atoms with Crippen LogP contribution < -0.4 is 5.32 Å². The van der Waals surface area contributed by atoms with E-state index in [-0.39, 0.29) is 11.9 Å². The number of aliphatic hydroxyl groups is 3. The van der Waals surface area contributed by atoms with Crippen LogP contribution in [-0.2, 0) is 9.53 Å². The topological polar surface area (TPSA) is 102 Å². The van der Waals surface area contributed by atoms with Crippen LogP contribution in [0.2, 0.25) is 0 Å². The number of likely N-dealkylation sites (N-methyl/N-ethyl adjacent to an activating group) is 1. The number of alkyl halides is 1. The number of nitrogens with one attached hydrogen (secondary N) is 1. The number of aliphatic hydroxyl groups excluding tert-OH is 3. The molecule has 3 rings (SSSR count). The molecule has 2 saturated heterocycles. The Balaban J connectivity index is 1.71. The van der Waals surface area contributed by atoms with Crippen molar-refractivity contribution in [1.82, 2.24) is 10.2 Å². The molecule has 0 spiro atoms. The fraction of sp³-hybridized carbons (Fsp3) is 0.941. The van der Waals surface area contributed by atoms with Crippen molar-refractivity contribution in [3.8, 4) is 0 Å². The standard InChI is InChI=1S/C17H29ClN2O5S/c1-7(18)10(15-13(22)12(21)14(23)17(25-15)26-3)19-16(24)11-9(6-20(11)2)8-4-5-8/h7-15,17,21-23H,4-6H2,1-3H3,(H,19,24). The summed E-state index contributed by atoms with van der Waals surface area (Å²) in [5, 5.41) is 33.0. The highest BCUT2D eigenvalue weighted by atomic mass is 35.5. The lowest BCUT2D eigenvalue weighted by atomic mass is 9.84. The van der Waals surface area contributed by atoms with Gasteiger partial charge in [0, 0.05) is 6.54 Å². The predicted octanol–water partition coefficient (Wildman–Crippen LogP) is -0.391. The van der Waals surface area contributed by atoms with Crippen molar-refractivity contribution in [2.45, 2.75) is 67.1 Å². The Hall–Kier alpha value is -0.0900. The van der Waals surface area contributed by atoms with Crippen molar-refractivity contribution in [1.29, 1.82) is 0 Å². The molecule has 26 heavy (non-hydrogen) atoms. The number of thioether (sulfide) groups is 1. The number of carbonyl (C=O) groups excluding carboxylic acids is 1. The van der Waals surface area contributed by atoms with Crippen molar-refractivity contribution in [2.24, 2.45) is 11.8 Å². The van der Waals surface area contributed by atoms with Gasteiger partial charge in [0.15, 0.2) is 0 Å². The summed E-state index contributed by atoms with van der Waals surface area (Å²) in [6.45, 7) is 2.64. The van der Waals surface area contributed by atoms with Gasteiger partial charge < -0.3 is 25.4 Å². The lowest BCUT2D eigenvalue weighted by molar-refractivity contribution is -0.205. The molecule has 0 aromatic rings. The van der Waals surface area contributed by atoms with Gasteiger partial charge >= 0.3 is 0 Å². The highest BCUT2D eigenvalue weighted by Gasteiger charge is 2.51. The number of hydrogen-bond donors (Lipinski definition) is 4. The normalized spacial score (nSPS) is 43.4. The molecule has 3 fully saturated rings. The van der Waals surface area contributed by atoms with E-state index in [9.17, 15) is 20.1 Å². The number of nitrogens with zero attached hydrogens (tertiary/aromatic N) is 1. The summed E-state index contributed by atoms with van der Waals surface area (Å²) < 4.78 is 5.79. The molecule has 0 radical (unpaired) electrons. The van der Waals surface area contributed by atoms with Gasteiger partial charge in [-0.05, 0) is 44.9 Å². The van der Waals surface area contributed by atoms with Gasteiger partial charge in [-0.2, -0.15) is 0 Å². The first-order valence-corrected chi connectivity index (χ1v) is 10.9. The van der Waals surface area contributed by atoms with Crippen molar-refractivity contribution < 1.29 is 24.9 Å². The summed E-state index contributed by atoms with van der Waals surface area (Å²) in [6.07, 6.45) is -0.674. The Morgan fingerprint density at radius 2 is 1.92 bits per heavy atom. The van der Waals surface area contributed by atoms with Gasteiger partial charge in [-0.25, -0.2) is 0 Å². The highest BCUT2D eigenvalue weighted by molar-refractivity contribution is 7.99. The predicted molar refractivity (Wildman–Crippen MR) is 100 cm³/mol. The van der Waals surface area contributed by atoms with E-state index in [1.807, 2.05) is 11.9 Å². The molecule has 150 valence electrons. The Morgan fingerprint density at radius 3 is 2.42 bits per heavy atom. The van der Waals surface area contributed by atoms with Crippen molar-refractivity contribution in [3.05, 3.63) is 0 Å². The number of amides is 1. The molecule has 9 atom stereocenters. The fourth-order valence-electron chi connectivity index (χ4n) is 4.13. The van der Waals surface area contributed by atoms with Crippen LogP contribution in [0.25, 0.3) is 0 Å². The van der Waals surface area contributed by atoms with Gasteiger partial charge in [0.1, 0.15) is 29.9 Å². The zero-order valence-electron chi connectivity index (χ0n) is 15.3. The average Bonchev–Trinajstić information content (AvgIpc) is 3.40. The number of ether oxygens (including phenoxy) is 1. The minimum absolute atomic E-state index is 0.120. The number of likely N-dealkylation sites (tertiary alicyclic amines) is 1. The van der Waals surface area contributed by atoms with Crippen LogP contribution in [-0.4, -0.2) is 93.3 Å². The molecule has 0 bridgehead atoms. The number of carbonyl (C=O) groups is 1. The Bertz CT molecular complexity index is 521. The summed E-state index contributed by atoms with van der Waals surface area (Å²) in [5.74, 6) is 0.878. The summed E-state index contributed by atoms with van der Waals surface area (Å²) in [6, 6.07) is -0.863. The van der Waals surface area contributed by atoms with Crippen LogP contribution in [0.15, 0.2) is 0 Å². The minimum atomic E-state index is -1.35. The Labute approximate surface area is 163 Å². The van der Waals surface area contributed by atoms with E-state index in [0.717, 1.165) is 6.54 Å². The summed E-state index contributed by atoms with van der Waals surface area (Å²) >= 11 is 7.54. The van der Waals surface area contributed by atoms with Crippen LogP contribution in [0, 0.1) is 11.8 Å². The van der Waals surface area contributed by atoms with E-state index in [4.69, 9.17) is 16.3 Å². The second-order valence-corrected chi connectivity index (χ2v) is 9.40. The first kappa shape index (κ1) is 20.6. The largest absolute Gasteiger partial charge is 0.388 e. The number of rotatable bonds is 6. The zero-order valence-corrected chi connectivity index (χ0v) is 16.9. The Kier molecular flexibility index (Phi) is 6.44. The molecule has 2 heterocycles. The van der Waals surface area contributed by atoms with E-state index in [0.29, 0.717) is 11.8 Å². The van der Waals surface area contributed by atoms with Gasteiger partial charge in [-0.3, -0.25) is 9.69 Å². The van der Waals surface area contributed by atoms with E-state index in [2.05, 4.69) is 5.32 Å². The van der Waals surface area contributed by atoms with Crippen LogP contribution in [0.3, 0.4) is 0 Å². The molecule has 1 saturated carbocycles. The number of halogens is 1. The molecule has 4 N–H and O–H groups in total. The van der Waals surface area contributed by atoms with Gasteiger partial charge in [-0.1, -0.05) is 0 Å². The first-order chi connectivity index (χ1) is 12.3. The first-order valence-electron chi connectivity index (χ1n) is 9.13. The monoisotopic (exact) mass is 408 g/mol. The lowest BCUT2D eigenvalue weighted by Crippen LogP contribution is -2.68. The van der Waals surface area contributed by atoms with E-state index >= 15 is 0 Å². The lowest BCUT2D eigenvalue weighted by Gasteiger charge is -2.47. The van der Waals surface area contributed by atoms with Crippen LogP contribution in [0.1, 0.15) is 19.8 Å². The molecule has 3 aliphatic rings. The maximum absolute atomic E-state index is 12.9.